The van der Waals surface area contributed by atoms with Gasteiger partial charge in [0.1, 0.15) is 0 Å². The van der Waals surface area contributed by atoms with Crippen molar-refractivity contribution in [3.05, 3.63) is 24.3 Å². The molecule has 0 aromatic carbocycles. The number of hydrogen-bond acceptors (Lipinski definition) is 4. The van der Waals surface area contributed by atoms with Gasteiger partial charge in [0, 0.05) is 25.3 Å². The van der Waals surface area contributed by atoms with Gasteiger partial charge >= 0.3 is 0 Å². The van der Waals surface area contributed by atoms with E-state index in [0.717, 1.165) is 32.1 Å². The molecular weight excluding hydrogens is 354 g/mol. The Bertz CT molecular complexity index is 501. The van der Waals surface area contributed by atoms with Crippen LogP contribution in [-0.2, 0) is 4.79 Å². The van der Waals surface area contributed by atoms with E-state index < -0.39 is 17.8 Å². The number of aliphatic hydroxyl groups excluding tert-OH is 2. The Morgan fingerprint density at radius 3 is 2.57 bits per heavy atom. The van der Waals surface area contributed by atoms with Crippen LogP contribution in [0.25, 0.3) is 0 Å². The Labute approximate surface area is 170 Å². The predicted molar refractivity (Wildman–Crippen MR) is 114 cm³/mol. The van der Waals surface area contributed by atoms with Crippen LogP contribution in [0.2, 0.25) is 0 Å². The van der Waals surface area contributed by atoms with E-state index in [0.29, 0.717) is 32.2 Å². The molecule has 0 aliphatic heterocycles. The zero-order valence-electron chi connectivity index (χ0n) is 17.9. The van der Waals surface area contributed by atoms with Crippen LogP contribution in [0.5, 0.6) is 0 Å². The zero-order valence-corrected chi connectivity index (χ0v) is 17.9. The summed E-state index contributed by atoms with van der Waals surface area (Å²) >= 11 is 0. The summed E-state index contributed by atoms with van der Waals surface area (Å²) in [6.07, 6.45) is 13.8. The Morgan fingerprint density at radius 1 is 1.14 bits per heavy atom. The van der Waals surface area contributed by atoms with Crippen molar-refractivity contribution in [2.24, 2.45) is 11.8 Å². The highest BCUT2D eigenvalue weighted by molar-refractivity contribution is 5.75. The van der Waals surface area contributed by atoms with Crippen LogP contribution in [0.4, 0.5) is 0 Å². The molecule has 1 fully saturated rings. The lowest BCUT2D eigenvalue weighted by molar-refractivity contribution is -0.121. The summed E-state index contributed by atoms with van der Waals surface area (Å²) in [6.45, 7) is 6.52. The molecule has 0 heterocycles. The summed E-state index contributed by atoms with van der Waals surface area (Å²) < 4.78 is 0. The monoisotopic (exact) mass is 395 g/mol. The Hall–Kier alpha value is -1.17. The minimum absolute atomic E-state index is 0.0441. The fraction of sp³-hybridized carbons (Fsp3) is 0.783. The van der Waals surface area contributed by atoms with Crippen molar-refractivity contribution in [1.82, 2.24) is 5.32 Å². The first-order valence-corrected chi connectivity index (χ1v) is 11.0. The summed E-state index contributed by atoms with van der Waals surface area (Å²) in [5.41, 5.74) is -0.873. The van der Waals surface area contributed by atoms with Crippen molar-refractivity contribution >= 4 is 5.91 Å². The smallest absolute Gasteiger partial charge is 0.219 e. The highest BCUT2D eigenvalue weighted by Gasteiger charge is 2.39. The van der Waals surface area contributed by atoms with E-state index in [-0.39, 0.29) is 17.7 Å². The standard InChI is InChI=1S/C23H41NO4/c1-4-6-11-15-23(3,28)16-14-19-18(20(25)17-21(19)26)12-9-7-8-10-13-22(27)24-5-2/h7,9,14,16,18-21,25-26,28H,4-6,8,10-13,15,17H2,1-3H3,(H,24,27)/b9-7-,16-14+/t18-,19-,20+,21+,23+/m1/s1. The van der Waals surface area contributed by atoms with Gasteiger partial charge in [-0.3, -0.25) is 4.79 Å². The number of aliphatic hydroxyl groups is 3. The topological polar surface area (TPSA) is 89.8 Å². The average Bonchev–Trinajstić information content (AvgIpc) is 2.89. The lowest BCUT2D eigenvalue weighted by Gasteiger charge is -2.23. The second kappa shape index (κ2) is 13.1. The SMILES string of the molecule is CCCCC[C@](C)(O)/C=C/[C@@H]1[C@@H](C/C=C\CCCC(=O)NCC)[C@@H](O)C[C@@H]1O. The predicted octanol–water partition coefficient (Wildman–Crippen LogP) is 3.48. The van der Waals surface area contributed by atoms with Crippen LogP contribution < -0.4 is 5.32 Å². The fourth-order valence-electron chi connectivity index (χ4n) is 3.88. The van der Waals surface area contributed by atoms with Crippen molar-refractivity contribution in [3.63, 3.8) is 0 Å². The van der Waals surface area contributed by atoms with Gasteiger partial charge in [0.05, 0.1) is 17.8 Å². The fourth-order valence-corrected chi connectivity index (χ4v) is 3.88. The summed E-state index contributed by atoms with van der Waals surface area (Å²) in [4.78, 5) is 11.4. The molecule has 0 bridgehead atoms. The molecule has 0 spiro atoms. The van der Waals surface area contributed by atoms with E-state index in [1.807, 2.05) is 19.1 Å². The van der Waals surface area contributed by atoms with Crippen molar-refractivity contribution in [2.75, 3.05) is 6.54 Å². The van der Waals surface area contributed by atoms with Gasteiger partial charge in [0.2, 0.25) is 5.91 Å². The van der Waals surface area contributed by atoms with Gasteiger partial charge in [-0.25, -0.2) is 0 Å². The second-order valence-corrected chi connectivity index (χ2v) is 8.34. The number of allylic oxidation sites excluding steroid dienone is 2. The molecule has 0 saturated heterocycles. The molecule has 0 aromatic heterocycles. The van der Waals surface area contributed by atoms with Crippen LogP contribution in [0.3, 0.4) is 0 Å². The van der Waals surface area contributed by atoms with Crippen molar-refractivity contribution in [1.29, 1.82) is 0 Å². The maximum absolute atomic E-state index is 11.4. The van der Waals surface area contributed by atoms with E-state index in [4.69, 9.17) is 0 Å². The van der Waals surface area contributed by atoms with Gasteiger partial charge in [0.15, 0.2) is 0 Å². The third-order valence-electron chi connectivity index (χ3n) is 5.60. The van der Waals surface area contributed by atoms with E-state index in [9.17, 15) is 20.1 Å². The third-order valence-corrected chi connectivity index (χ3v) is 5.60. The van der Waals surface area contributed by atoms with E-state index >= 15 is 0 Å². The number of rotatable bonds is 13. The van der Waals surface area contributed by atoms with E-state index in [1.165, 1.54) is 0 Å². The first-order valence-electron chi connectivity index (χ1n) is 11.0. The molecule has 5 heteroatoms. The Balaban J connectivity index is 2.51. The summed E-state index contributed by atoms with van der Waals surface area (Å²) in [5.74, 6) is -0.105. The summed E-state index contributed by atoms with van der Waals surface area (Å²) in [7, 11) is 0. The van der Waals surface area contributed by atoms with Crippen molar-refractivity contribution < 1.29 is 20.1 Å². The van der Waals surface area contributed by atoms with Crippen molar-refractivity contribution in [3.8, 4) is 0 Å². The molecule has 1 aliphatic rings. The first kappa shape index (κ1) is 24.9. The molecule has 4 N–H and O–H groups in total. The van der Waals surface area contributed by atoms with Crippen LogP contribution in [0.1, 0.15) is 78.6 Å². The highest BCUT2D eigenvalue weighted by Crippen LogP contribution is 2.37. The second-order valence-electron chi connectivity index (χ2n) is 8.34. The molecule has 0 unspecified atom stereocenters. The van der Waals surface area contributed by atoms with Gasteiger partial charge in [-0.1, -0.05) is 50.5 Å². The minimum Gasteiger partial charge on any atom is -0.393 e. The summed E-state index contributed by atoms with van der Waals surface area (Å²) in [5, 5.41) is 34.0. The Kier molecular flexibility index (Phi) is 11.7. The molecule has 1 aliphatic carbocycles. The Morgan fingerprint density at radius 2 is 1.89 bits per heavy atom. The van der Waals surface area contributed by atoms with Gasteiger partial charge < -0.3 is 20.6 Å². The molecule has 1 rings (SSSR count). The largest absolute Gasteiger partial charge is 0.393 e. The molecule has 5 atom stereocenters. The maximum Gasteiger partial charge on any atom is 0.219 e. The number of hydrogen-bond donors (Lipinski definition) is 4. The maximum atomic E-state index is 11.4. The van der Waals surface area contributed by atoms with Gasteiger partial charge in [0.25, 0.3) is 0 Å². The van der Waals surface area contributed by atoms with E-state index in [2.05, 4.69) is 18.3 Å². The third kappa shape index (κ3) is 9.35. The number of nitrogens with one attached hydrogen (secondary N) is 1. The zero-order chi connectivity index (χ0) is 21.0. The molecular formula is C23H41NO4. The van der Waals surface area contributed by atoms with Gasteiger partial charge in [-0.05, 0) is 45.4 Å². The van der Waals surface area contributed by atoms with Gasteiger partial charge in [-0.15, -0.1) is 0 Å². The molecule has 0 aromatic rings. The number of carbonyl (C=O) groups excluding carboxylic acids is 1. The van der Waals surface area contributed by atoms with Gasteiger partial charge in [-0.2, -0.15) is 0 Å². The van der Waals surface area contributed by atoms with Crippen LogP contribution in [0.15, 0.2) is 24.3 Å². The molecule has 0 radical (unpaired) electrons. The summed E-state index contributed by atoms with van der Waals surface area (Å²) in [6, 6.07) is 0. The number of amides is 1. The normalized spacial score (nSPS) is 27.5. The molecule has 1 saturated carbocycles. The highest BCUT2D eigenvalue weighted by atomic mass is 16.3. The number of unbranched alkanes of at least 4 members (excludes halogenated alkanes) is 3. The van der Waals surface area contributed by atoms with E-state index in [1.54, 1.807) is 13.0 Å². The van der Waals surface area contributed by atoms with Crippen LogP contribution in [-0.4, -0.2) is 45.6 Å². The lowest BCUT2D eigenvalue weighted by atomic mass is 9.88. The quantitative estimate of drug-likeness (QED) is 0.284. The molecule has 1 amide bonds. The molecule has 5 nitrogen and oxygen atoms in total. The molecule has 28 heavy (non-hydrogen) atoms. The lowest BCUT2D eigenvalue weighted by Crippen LogP contribution is -2.24. The average molecular weight is 396 g/mol. The van der Waals surface area contributed by atoms with Crippen LogP contribution in [0, 0.1) is 11.8 Å². The molecule has 162 valence electrons. The number of carbonyl (C=O) groups is 1. The van der Waals surface area contributed by atoms with Crippen LogP contribution >= 0.6 is 0 Å². The first-order chi connectivity index (χ1) is 13.3. The minimum atomic E-state index is -0.873. The van der Waals surface area contributed by atoms with Crippen molar-refractivity contribution in [2.45, 2.75) is 96.4 Å².